The number of carbonyl (C=O) groups excluding carboxylic acids is 3. The van der Waals surface area contributed by atoms with E-state index in [0.717, 1.165) is 24.8 Å². The van der Waals surface area contributed by atoms with E-state index in [1.54, 1.807) is 48.5 Å². The number of rotatable bonds is 12. The zero-order chi connectivity index (χ0) is 24.3. The summed E-state index contributed by atoms with van der Waals surface area (Å²) >= 11 is 0. The number of hydrogen-bond acceptors (Lipinski definition) is 6. The monoisotopic (exact) mass is 466 g/mol. The third-order valence-electron chi connectivity index (χ3n) is 4.81. The number of carbonyl (C=O) groups is 3. The first kappa shape index (κ1) is 24.8. The Labute approximate surface area is 199 Å². The second-order valence-corrected chi connectivity index (χ2v) is 7.81. The summed E-state index contributed by atoms with van der Waals surface area (Å²) in [5.74, 6) is -0.0877. The fourth-order valence-corrected chi connectivity index (χ4v) is 3.01. The molecular formula is C26H30N2O6. The van der Waals surface area contributed by atoms with E-state index in [0.29, 0.717) is 36.0 Å². The SMILES string of the molecule is CCCOc1ccc(/C=C/C(=O)OCC(=O)Nc2cccc(C(=O)NC3CC3)c2)cc1OCC. The van der Waals surface area contributed by atoms with Crippen molar-refractivity contribution in [3.8, 4) is 11.5 Å². The number of ether oxygens (including phenoxy) is 3. The Balaban J connectivity index is 1.49. The highest BCUT2D eigenvalue weighted by Gasteiger charge is 2.23. The van der Waals surface area contributed by atoms with Gasteiger partial charge in [-0.25, -0.2) is 4.79 Å². The number of benzene rings is 2. The largest absolute Gasteiger partial charge is 0.490 e. The molecule has 1 fully saturated rings. The van der Waals surface area contributed by atoms with Crippen LogP contribution in [0.2, 0.25) is 0 Å². The van der Waals surface area contributed by atoms with Crippen LogP contribution < -0.4 is 20.1 Å². The Morgan fingerprint density at radius 1 is 1.03 bits per heavy atom. The van der Waals surface area contributed by atoms with Gasteiger partial charge in [0.05, 0.1) is 13.2 Å². The van der Waals surface area contributed by atoms with Crippen LogP contribution in [0.4, 0.5) is 5.69 Å². The fourth-order valence-electron chi connectivity index (χ4n) is 3.01. The lowest BCUT2D eigenvalue weighted by atomic mass is 10.2. The molecule has 2 aromatic rings. The normalized spacial score (nSPS) is 12.8. The van der Waals surface area contributed by atoms with Crippen molar-refractivity contribution in [2.45, 2.75) is 39.2 Å². The third-order valence-corrected chi connectivity index (χ3v) is 4.81. The van der Waals surface area contributed by atoms with Crippen LogP contribution in [0.1, 0.15) is 49.0 Å². The zero-order valence-corrected chi connectivity index (χ0v) is 19.5. The molecule has 0 atom stereocenters. The van der Waals surface area contributed by atoms with E-state index in [1.807, 2.05) is 13.8 Å². The summed E-state index contributed by atoms with van der Waals surface area (Å²) in [6.07, 6.45) is 5.69. The van der Waals surface area contributed by atoms with Crippen LogP contribution in [0.3, 0.4) is 0 Å². The molecule has 0 radical (unpaired) electrons. The van der Waals surface area contributed by atoms with Crippen LogP contribution in [0, 0.1) is 0 Å². The van der Waals surface area contributed by atoms with Gasteiger partial charge in [-0.2, -0.15) is 0 Å². The Kier molecular flexibility index (Phi) is 9.08. The van der Waals surface area contributed by atoms with Gasteiger partial charge in [0.25, 0.3) is 11.8 Å². The quantitative estimate of drug-likeness (QED) is 0.363. The number of anilines is 1. The first-order chi connectivity index (χ1) is 16.5. The highest BCUT2D eigenvalue weighted by atomic mass is 16.5. The summed E-state index contributed by atoms with van der Waals surface area (Å²) in [4.78, 5) is 36.3. The minimum Gasteiger partial charge on any atom is -0.490 e. The molecule has 1 saturated carbocycles. The minimum absolute atomic E-state index is 0.174. The molecule has 0 unspecified atom stereocenters. The number of amides is 2. The molecule has 8 heteroatoms. The van der Waals surface area contributed by atoms with Gasteiger partial charge in [-0.1, -0.05) is 19.1 Å². The van der Waals surface area contributed by atoms with Gasteiger partial charge >= 0.3 is 5.97 Å². The Morgan fingerprint density at radius 3 is 2.59 bits per heavy atom. The van der Waals surface area contributed by atoms with Crippen molar-refractivity contribution in [3.63, 3.8) is 0 Å². The highest BCUT2D eigenvalue weighted by Crippen LogP contribution is 2.29. The van der Waals surface area contributed by atoms with Gasteiger partial charge in [-0.15, -0.1) is 0 Å². The molecule has 2 aromatic carbocycles. The Bertz CT molecular complexity index is 1050. The average Bonchev–Trinajstić information content (AvgIpc) is 3.65. The molecule has 180 valence electrons. The number of hydrogen-bond donors (Lipinski definition) is 2. The molecule has 0 heterocycles. The lowest BCUT2D eigenvalue weighted by Gasteiger charge is -2.12. The van der Waals surface area contributed by atoms with Crippen LogP contribution >= 0.6 is 0 Å². The van der Waals surface area contributed by atoms with Crippen LogP contribution in [0.5, 0.6) is 11.5 Å². The number of esters is 1. The molecule has 0 aromatic heterocycles. The van der Waals surface area contributed by atoms with Crippen molar-refractivity contribution in [1.29, 1.82) is 0 Å². The predicted octanol–water partition coefficient (Wildman–Crippen LogP) is 3.96. The molecule has 3 rings (SSSR count). The second-order valence-electron chi connectivity index (χ2n) is 7.81. The van der Waals surface area contributed by atoms with Crippen molar-refractivity contribution in [2.75, 3.05) is 25.1 Å². The van der Waals surface area contributed by atoms with Crippen molar-refractivity contribution >= 4 is 29.5 Å². The summed E-state index contributed by atoms with van der Waals surface area (Å²) in [5.41, 5.74) is 1.64. The summed E-state index contributed by atoms with van der Waals surface area (Å²) in [7, 11) is 0. The Hall–Kier alpha value is -3.81. The molecule has 0 bridgehead atoms. The molecule has 2 amide bonds. The van der Waals surface area contributed by atoms with Gasteiger partial charge in [0, 0.05) is 23.4 Å². The van der Waals surface area contributed by atoms with E-state index in [2.05, 4.69) is 10.6 Å². The van der Waals surface area contributed by atoms with Gasteiger partial charge < -0.3 is 24.8 Å². The minimum atomic E-state index is -0.656. The molecule has 0 spiro atoms. The number of nitrogens with one attached hydrogen (secondary N) is 2. The predicted molar refractivity (Wildman–Crippen MR) is 129 cm³/mol. The van der Waals surface area contributed by atoms with Crippen LogP contribution in [-0.2, 0) is 14.3 Å². The lowest BCUT2D eigenvalue weighted by molar-refractivity contribution is -0.142. The molecule has 1 aliphatic carbocycles. The Morgan fingerprint density at radius 2 is 1.85 bits per heavy atom. The third kappa shape index (κ3) is 7.95. The maximum absolute atomic E-state index is 12.2. The molecular weight excluding hydrogens is 436 g/mol. The maximum atomic E-state index is 12.2. The summed E-state index contributed by atoms with van der Waals surface area (Å²) in [6, 6.07) is 12.2. The van der Waals surface area contributed by atoms with Crippen LogP contribution in [0.25, 0.3) is 6.08 Å². The van der Waals surface area contributed by atoms with E-state index in [4.69, 9.17) is 14.2 Å². The van der Waals surface area contributed by atoms with E-state index in [9.17, 15) is 14.4 Å². The van der Waals surface area contributed by atoms with Gasteiger partial charge in [0.15, 0.2) is 18.1 Å². The molecule has 0 saturated heterocycles. The van der Waals surface area contributed by atoms with Crippen molar-refractivity contribution in [3.05, 3.63) is 59.7 Å². The van der Waals surface area contributed by atoms with E-state index < -0.39 is 18.5 Å². The van der Waals surface area contributed by atoms with Crippen molar-refractivity contribution in [1.82, 2.24) is 5.32 Å². The van der Waals surface area contributed by atoms with Gasteiger partial charge in [0.2, 0.25) is 0 Å². The van der Waals surface area contributed by atoms with Crippen molar-refractivity contribution in [2.24, 2.45) is 0 Å². The zero-order valence-electron chi connectivity index (χ0n) is 19.5. The van der Waals surface area contributed by atoms with Crippen LogP contribution in [-0.4, -0.2) is 43.6 Å². The first-order valence-electron chi connectivity index (χ1n) is 11.4. The van der Waals surface area contributed by atoms with E-state index in [-0.39, 0.29) is 11.9 Å². The second kappa shape index (κ2) is 12.4. The molecule has 2 N–H and O–H groups in total. The van der Waals surface area contributed by atoms with Crippen molar-refractivity contribution < 1.29 is 28.6 Å². The highest BCUT2D eigenvalue weighted by molar-refractivity contribution is 5.98. The summed E-state index contributed by atoms with van der Waals surface area (Å²) in [5, 5.41) is 5.53. The van der Waals surface area contributed by atoms with Gasteiger partial charge in [0.1, 0.15) is 0 Å². The van der Waals surface area contributed by atoms with E-state index >= 15 is 0 Å². The van der Waals surface area contributed by atoms with Gasteiger partial charge in [-0.3, -0.25) is 9.59 Å². The summed E-state index contributed by atoms with van der Waals surface area (Å²) in [6.45, 7) is 4.53. The standard InChI is InChI=1S/C26H30N2O6/c1-3-14-33-22-12-8-18(15-23(22)32-4-2)9-13-25(30)34-17-24(29)27-21-7-5-6-19(16-21)26(31)28-20-10-11-20/h5-9,12-13,15-16,20H,3-4,10-11,14,17H2,1-2H3,(H,27,29)(H,28,31)/b13-9+. The van der Waals surface area contributed by atoms with Gasteiger partial charge in [-0.05, 0) is 68.2 Å². The van der Waals surface area contributed by atoms with E-state index in [1.165, 1.54) is 6.08 Å². The topological polar surface area (TPSA) is 103 Å². The first-order valence-corrected chi connectivity index (χ1v) is 11.4. The van der Waals surface area contributed by atoms with Crippen LogP contribution in [0.15, 0.2) is 48.5 Å². The molecule has 8 nitrogen and oxygen atoms in total. The molecule has 1 aliphatic rings. The lowest BCUT2D eigenvalue weighted by Crippen LogP contribution is -2.25. The smallest absolute Gasteiger partial charge is 0.331 e. The average molecular weight is 467 g/mol. The maximum Gasteiger partial charge on any atom is 0.331 e. The molecule has 0 aliphatic heterocycles. The molecule has 34 heavy (non-hydrogen) atoms. The summed E-state index contributed by atoms with van der Waals surface area (Å²) < 4.78 is 16.3. The fraction of sp³-hybridized carbons (Fsp3) is 0.346.